The molecule has 0 saturated heterocycles. The summed E-state index contributed by atoms with van der Waals surface area (Å²) in [6.07, 6.45) is 4.55. The van der Waals surface area contributed by atoms with E-state index in [1.165, 1.54) is 24.6 Å². The summed E-state index contributed by atoms with van der Waals surface area (Å²) in [5.41, 5.74) is 3.51. The second-order valence-corrected chi connectivity index (χ2v) is 7.32. The number of thioether (sulfide) groups is 1. The first-order chi connectivity index (χ1) is 10.4. The first-order valence-corrected chi connectivity index (χ1v) is 8.67. The highest BCUT2D eigenvalue weighted by Crippen LogP contribution is 2.29. The Morgan fingerprint density at radius 1 is 1.32 bits per heavy atom. The molecule has 1 fully saturated rings. The minimum Gasteiger partial charge on any atom is -0.352 e. The minimum atomic E-state index is -0.248. The van der Waals surface area contributed by atoms with Gasteiger partial charge >= 0.3 is 0 Å². The van der Waals surface area contributed by atoms with Gasteiger partial charge in [-0.2, -0.15) is 5.26 Å². The number of aromatic nitrogens is 1. The predicted octanol–water partition coefficient (Wildman–Crippen LogP) is 3.42. The maximum absolute atomic E-state index is 12.3. The number of rotatable bonds is 4. The standard InChI is InChI=1S/C17H23N3OS/c1-10-11(2)15(9-18)17(19-12(10)3)22-13(4)16(21)20-14-7-5-6-8-14/h13-14H,5-8H2,1-4H3,(H,20,21)/t13-/m1/s1. The van der Waals surface area contributed by atoms with Crippen molar-refractivity contribution in [2.24, 2.45) is 0 Å². The van der Waals surface area contributed by atoms with Crippen molar-refractivity contribution in [2.45, 2.75) is 69.7 Å². The summed E-state index contributed by atoms with van der Waals surface area (Å²) in [5, 5.41) is 12.9. The molecule has 1 aromatic heterocycles. The van der Waals surface area contributed by atoms with Crippen LogP contribution in [-0.4, -0.2) is 22.2 Å². The van der Waals surface area contributed by atoms with Crippen molar-refractivity contribution < 1.29 is 4.79 Å². The molecule has 0 unspecified atom stereocenters. The molecule has 118 valence electrons. The number of amides is 1. The van der Waals surface area contributed by atoms with Gasteiger partial charge in [0.25, 0.3) is 0 Å². The number of carbonyl (C=O) groups is 1. The zero-order chi connectivity index (χ0) is 16.3. The number of nitrogens with zero attached hydrogens (tertiary/aromatic N) is 2. The molecule has 1 aliphatic carbocycles. The van der Waals surface area contributed by atoms with Crippen LogP contribution in [-0.2, 0) is 4.79 Å². The third kappa shape index (κ3) is 3.61. The number of pyridine rings is 1. The monoisotopic (exact) mass is 317 g/mol. The summed E-state index contributed by atoms with van der Waals surface area (Å²) < 4.78 is 0. The Morgan fingerprint density at radius 3 is 2.55 bits per heavy atom. The highest BCUT2D eigenvalue weighted by atomic mass is 32.2. The molecule has 0 aliphatic heterocycles. The summed E-state index contributed by atoms with van der Waals surface area (Å²) >= 11 is 1.38. The number of nitrogens with one attached hydrogen (secondary N) is 1. The van der Waals surface area contributed by atoms with Crippen molar-refractivity contribution in [3.63, 3.8) is 0 Å². The lowest BCUT2D eigenvalue weighted by Gasteiger charge is -2.17. The third-order valence-electron chi connectivity index (χ3n) is 4.43. The van der Waals surface area contributed by atoms with Gasteiger partial charge in [0.15, 0.2) is 0 Å². The molecule has 1 aromatic rings. The molecule has 0 aromatic carbocycles. The van der Waals surface area contributed by atoms with Gasteiger partial charge in [0.1, 0.15) is 11.1 Å². The molecule has 0 radical (unpaired) electrons. The highest BCUT2D eigenvalue weighted by Gasteiger charge is 2.23. The summed E-state index contributed by atoms with van der Waals surface area (Å²) in [5.74, 6) is 0.0403. The Morgan fingerprint density at radius 2 is 1.95 bits per heavy atom. The van der Waals surface area contributed by atoms with Crippen LogP contribution in [0.5, 0.6) is 0 Å². The van der Waals surface area contributed by atoms with E-state index < -0.39 is 0 Å². The fraction of sp³-hybridized carbons (Fsp3) is 0.588. The van der Waals surface area contributed by atoms with Gasteiger partial charge in [0, 0.05) is 11.7 Å². The molecule has 1 N–H and O–H groups in total. The van der Waals surface area contributed by atoms with Crippen LogP contribution in [0.15, 0.2) is 5.03 Å². The number of aryl methyl sites for hydroxylation is 1. The van der Waals surface area contributed by atoms with E-state index in [1.807, 2.05) is 27.7 Å². The smallest absolute Gasteiger partial charge is 0.233 e. The lowest BCUT2D eigenvalue weighted by Crippen LogP contribution is -2.37. The largest absolute Gasteiger partial charge is 0.352 e. The van der Waals surface area contributed by atoms with Crippen molar-refractivity contribution in [3.05, 3.63) is 22.4 Å². The zero-order valence-corrected chi connectivity index (χ0v) is 14.5. The molecule has 4 nitrogen and oxygen atoms in total. The first kappa shape index (κ1) is 16.8. The molecule has 0 bridgehead atoms. The van der Waals surface area contributed by atoms with Crippen LogP contribution >= 0.6 is 11.8 Å². The van der Waals surface area contributed by atoms with E-state index >= 15 is 0 Å². The van der Waals surface area contributed by atoms with Crippen molar-refractivity contribution in [2.75, 3.05) is 0 Å². The number of hydrogen-bond acceptors (Lipinski definition) is 4. The highest BCUT2D eigenvalue weighted by molar-refractivity contribution is 8.00. The number of carbonyl (C=O) groups excluding carboxylic acids is 1. The van der Waals surface area contributed by atoms with E-state index in [0.717, 1.165) is 29.7 Å². The van der Waals surface area contributed by atoms with E-state index in [0.29, 0.717) is 16.6 Å². The lowest BCUT2D eigenvalue weighted by molar-refractivity contribution is -0.120. The Balaban J connectivity index is 2.12. The molecule has 1 amide bonds. The van der Waals surface area contributed by atoms with E-state index in [9.17, 15) is 10.1 Å². The number of hydrogen-bond donors (Lipinski definition) is 1. The zero-order valence-electron chi connectivity index (χ0n) is 13.7. The van der Waals surface area contributed by atoms with E-state index in [1.54, 1.807) is 0 Å². The quantitative estimate of drug-likeness (QED) is 0.864. The van der Waals surface area contributed by atoms with Crippen LogP contribution in [0.4, 0.5) is 0 Å². The van der Waals surface area contributed by atoms with Gasteiger partial charge < -0.3 is 5.32 Å². The van der Waals surface area contributed by atoms with E-state index in [2.05, 4.69) is 16.4 Å². The first-order valence-electron chi connectivity index (χ1n) is 7.79. The lowest BCUT2D eigenvalue weighted by atomic mass is 10.1. The summed E-state index contributed by atoms with van der Waals surface area (Å²) in [6.45, 7) is 7.73. The second-order valence-electron chi connectivity index (χ2n) is 5.99. The molecule has 5 heteroatoms. The van der Waals surface area contributed by atoms with Crippen LogP contribution in [0, 0.1) is 32.1 Å². The summed E-state index contributed by atoms with van der Waals surface area (Å²) in [7, 11) is 0. The van der Waals surface area contributed by atoms with Crippen LogP contribution in [0.25, 0.3) is 0 Å². The Hall–Kier alpha value is -1.54. The molecule has 22 heavy (non-hydrogen) atoms. The van der Waals surface area contributed by atoms with Crippen LogP contribution in [0.3, 0.4) is 0 Å². The fourth-order valence-corrected chi connectivity index (χ4v) is 3.75. The normalized spacial score (nSPS) is 16.3. The van der Waals surface area contributed by atoms with Gasteiger partial charge in [-0.15, -0.1) is 0 Å². The molecule has 1 aliphatic rings. The number of nitriles is 1. The van der Waals surface area contributed by atoms with Gasteiger partial charge in [0.2, 0.25) is 5.91 Å². The van der Waals surface area contributed by atoms with E-state index in [4.69, 9.17) is 0 Å². The van der Waals surface area contributed by atoms with Crippen LogP contribution < -0.4 is 5.32 Å². The van der Waals surface area contributed by atoms with Crippen LogP contribution in [0.1, 0.15) is 55.0 Å². The minimum absolute atomic E-state index is 0.0403. The molecule has 0 spiro atoms. The Bertz CT molecular complexity index is 615. The van der Waals surface area contributed by atoms with Gasteiger partial charge in [-0.05, 0) is 51.7 Å². The van der Waals surface area contributed by atoms with Crippen molar-refractivity contribution in [3.8, 4) is 6.07 Å². The molecule has 1 heterocycles. The third-order valence-corrected chi connectivity index (χ3v) is 5.52. The molecule has 1 atom stereocenters. The average Bonchev–Trinajstić information content (AvgIpc) is 2.98. The Kier molecular flexibility index (Phi) is 5.47. The molecular formula is C17H23N3OS. The second kappa shape index (κ2) is 7.15. The van der Waals surface area contributed by atoms with Gasteiger partial charge in [-0.3, -0.25) is 4.79 Å². The van der Waals surface area contributed by atoms with Crippen molar-refractivity contribution in [1.29, 1.82) is 5.26 Å². The maximum Gasteiger partial charge on any atom is 0.233 e. The Labute approximate surface area is 136 Å². The maximum atomic E-state index is 12.3. The van der Waals surface area contributed by atoms with Gasteiger partial charge in [0.05, 0.1) is 10.8 Å². The predicted molar refractivity (Wildman–Crippen MR) is 88.9 cm³/mol. The summed E-state index contributed by atoms with van der Waals surface area (Å²) in [4.78, 5) is 16.8. The molecule has 1 saturated carbocycles. The average molecular weight is 317 g/mol. The SMILES string of the molecule is Cc1nc(S[C@H](C)C(=O)NC2CCCC2)c(C#N)c(C)c1C. The van der Waals surface area contributed by atoms with Crippen molar-refractivity contribution >= 4 is 17.7 Å². The topological polar surface area (TPSA) is 65.8 Å². The van der Waals surface area contributed by atoms with Crippen LogP contribution in [0.2, 0.25) is 0 Å². The van der Waals surface area contributed by atoms with Gasteiger partial charge in [-0.25, -0.2) is 4.98 Å². The van der Waals surface area contributed by atoms with Crippen molar-refractivity contribution in [1.82, 2.24) is 10.3 Å². The molecular weight excluding hydrogens is 294 g/mol. The summed E-state index contributed by atoms with van der Waals surface area (Å²) in [6, 6.07) is 2.55. The fourth-order valence-electron chi connectivity index (χ4n) is 2.74. The molecule has 2 rings (SSSR count). The van der Waals surface area contributed by atoms with E-state index in [-0.39, 0.29) is 11.2 Å². The van der Waals surface area contributed by atoms with Gasteiger partial charge in [-0.1, -0.05) is 24.6 Å².